The number of hydrogen-bond acceptors (Lipinski definition) is 3. The lowest BCUT2D eigenvalue weighted by Crippen LogP contribution is -1.94. The molecule has 0 spiro atoms. The molecule has 4 nitrogen and oxygen atoms in total. The molecule has 3 aromatic carbocycles. The smallest absolute Gasteiger partial charge is 0.178 e. The quantitative estimate of drug-likeness (QED) is 0.243. The Morgan fingerprint density at radius 2 is 1.63 bits per heavy atom. The first-order valence-corrected chi connectivity index (χ1v) is 12.0. The molecule has 4 aromatic heterocycles. The SMILES string of the molecule is c1ccc2c(c1)Cc1c-2ccc2c1-c1cc3c4ccncc4n4c5cccnc5nc4c3cc1C2. The third-order valence-electron chi connectivity index (χ3n) is 7.97. The number of imidazole rings is 1. The number of aromatic nitrogens is 4. The van der Waals surface area contributed by atoms with Gasteiger partial charge in [-0.1, -0.05) is 36.4 Å². The summed E-state index contributed by atoms with van der Waals surface area (Å²) in [5, 5.41) is 3.59. The van der Waals surface area contributed by atoms with Crippen LogP contribution in [0.4, 0.5) is 0 Å². The summed E-state index contributed by atoms with van der Waals surface area (Å²) >= 11 is 0. The summed E-state index contributed by atoms with van der Waals surface area (Å²) in [5.41, 5.74) is 15.1. The first kappa shape index (κ1) is 17.8. The molecule has 0 unspecified atom stereocenters. The van der Waals surface area contributed by atoms with E-state index in [1.54, 1.807) is 0 Å². The molecule has 0 fully saturated rings. The van der Waals surface area contributed by atoms with E-state index >= 15 is 0 Å². The molecule has 4 heterocycles. The Kier molecular flexibility index (Phi) is 3.11. The van der Waals surface area contributed by atoms with Gasteiger partial charge >= 0.3 is 0 Å². The normalized spacial score (nSPS) is 13.5. The van der Waals surface area contributed by atoms with Gasteiger partial charge in [-0.3, -0.25) is 9.38 Å². The molecule has 0 radical (unpaired) electrons. The van der Waals surface area contributed by atoms with Crippen LogP contribution < -0.4 is 0 Å². The van der Waals surface area contributed by atoms with Crippen molar-refractivity contribution in [1.29, 1.82) is 0 Å². The van der Waals surface area contributed by atoms with E-state index in [1.807, 2.05) is 24.7 Å². The van der Waals surface area contributed by atoms with Crippen LogP contribution in [0.1, 0.15) is 22.3 Å². The number of rotatable bonds is 0. The monoisotopic (exact) mass is 446 g/mol. The second-order valence-corrected chi connectivity index (χ2v) is 9.70. The second kappa shape index (κ2) is 6.10. The molecule has 0 saturated heterocycles. The fraction of sp³-hybridized carbons (Fsp3) is 0.0645. The zero-order valence-electron chi connectivity index (χ0n) is 18.8. The fourth-order valence-corrected chi connectivity index (χ4v) is 6.51. The number of fused-ring (bicyclic) bond motifs is 15. The zero-order chi connectivity index (χ0) is 22.7. The summed E-state index contributed by atoms with van der Waals surface area (Å²) in [6.45, 7) is 0. The lowest BCUT2D eigenvalue weighted by Gasteiger charge is -2.12. The highest BCUT2D eigenvalue weighted by atomic mass is 15.1. The summed E-state index contributed by atoms with van der Waals surface area (Å²) in [6, 6.07) is 24.5. The van der Waals surface area contributed by atoms with Crippen LogP contribution in [0, 0.1) is 0 Å². The molecule has 0 bridgehead atoms. The summed E-state index contributed by atoms with van der Waals surface area (Å²) in [4.78, 5) is 14.0. The van der Waals surface area contributed by atoms with Gasteiger partial charge in [-0.05, 0) is 93.1 Å². The molecule has 9 rings (SSSR count). The van der Waals surface area contributed by atoms with Crippen molar-refractivity contribution in [2.45, 2.75) is 12.8 Å². The van der Waals surface area contributed by atoms with Crippen molar-refractivity contribution in [3.05, 3.63) is 108 Å². The molecule has 0 aliphatic heterocycles. The van der Waals surface area contributed by atoms with Crippen molar-refractivity contribution in [3.8, 4) is 22.3 Å². The third kappa shape index (κ3) is 2.15. The predicted molar refractivity (Wildman–Crippen MR) is 140 cm³/mol. The molecule has 2 aliphatic carbocycles. The Morgan fingerprint density at radius 3 is 2.63 bits per heavy atom. The van der Waals surface area contributed by atoms with Gasteiger partial charge in [-0.2, -0.15) is 0 Å². The van der Waals surface area contributed by atoms with Gasteiger partial charge < -0.3 is 0 Å². The van der Waals surface area contributed by atoms with Crippen LogP contribution in [0.25, 0.3) is 60.7 Å². The number of benzene rings is 3. The highest BCUT2D eigenvalue weighted by Gasteiger charge is 2.29. The highest BCUT2D eigenvalue weighted by Crippen LogP contribution is 2.49. The highest BCUT2D eigenvalue weighted by molar-refractivity contribution is 6.15. The van der Waals surface area contributed by atoms with Gasteiger partial charge in [-0.25, -0.2) is 9.97 Å². The van der Waals surface area contributed by atoms with Crippen LogP contribution in [0.15, 0.2) is 85.3 Å². The minimum Gasteiger partial charge on any atom is -0.288 e. The van der Waals surface area contributed by atoms with Crippen LogP contribution >= 0.6 is 0 Å². The van der Waals surface area contributed by atoms with Gasteiger partial charge in [-0.15, -0.1) is 0 Å². The molecule has 35 heavy (non-hydrogen) atoms. The Morgan fingerprint density at radius 1 is 0.657 bits per heavy atom. The maximum absolute atomic E-state index is 4.98. The van der Waals surface area contributed by atoms with E-state index in [4.69, 9.17) is 4.98 Å². The zero-order valence-corrected chi connectivity index (χ0v) is 18.8. The minimum atomic E-state index is 0.768. The molecular formula is C31H18N4. The molecular weight excluding hydrogens is 428 g/mol. The number of nitrogens with zero attached hydrogens (tertiary/aromatic N) is 4. The van der Waals surface area contributed by atoms with E-state index in [-0.39, 0.29) is 0 Å². The molecule has 0 atom stereocenters. The predicted octanol–water partition coefficient (Wildman–Crippen LogP) is 6.73. The first-order chi connectivity index (χ1) is 17.3. The van der Waals surface area contributed by atoms with E-state index < -0.39 is 0 Å². The molecule has 0 amide bonds. The maximum atomic E-state index is 4.98. The molecule has 4 heteroatoms. The second-order valence-electron chi connectivity index (χ2n) is 9.70. The molecule has 162 valence electrons. The lowest BCUT2D eigenvalue weighted by atomic mass is 9.93. The van der Waals surface area contributed by atoms with Crippen LogP contribution in [0.5, 0.6) is 0 Å². The summed E-state index contributed by atoms with van der Waals surface area (Å²) in [7, 11) is 0. The van der Waals surface area contributed by atoms with Crippen molar-refractivity contribution in [1.82, 2.24) is 19.4 Å². The van der Waals surface area contributed by atoms with Crippen LogP contribution in [0.3, 0.4) is 0 Å². The summed E-state index contributed by atoms with van der Waals surface area (Å²) in [6.07, 6.45) is 7.62. The van der Waals surface area contributed by atoms with Crippen molar-refractivity contribution in [2.75, 3.05) is 0 Å². The molecule has 0 saturated carbocycles. The Bertz CT molecular complexity index is 2070. The Balaban J connectivity index is 1.41. The van der Waals surface area contributed by atoms with Gasteiger partial charge in [0.25, 0.3) is 0 Å². The number of pyridine rings is 3. The largest absolute Gasteiger partial charge is 0.288 e. The van der Waals surface area contributed by atoms with Crippen molar-refractivity contribution in [2.24, 2.45) is 0 Å². The van der Waals surface area contributed by atoms with Crippen LogP contribution in [-0.4, -0.2) is 19.4 Å². The Hall–Kier alpha value is -4.57. The fourth-order valence-electron chi connectivity index (χ4n) is 6.51. The number of hydrogen-bond donors (Lipinski definition) is 0. The first-order valence-electron chi connectivity index (χ1n) is 12.0. The van der Waals surface area contributed by atoms with Crippen molar-refractivity contribution in [3.63, 3.8) is 0 Å². The maximum Gasteiger partial charge on any atom is 0.178 e. The van der Waals surface area contributed by atoms with Gasteiger partial charge in [0.1, 0.15) is 5.65 Å². The summed E-state index contributed by atoms with van der Waals surface area (Å²) in [5.74, 6) is 0. The van der Waals surface area contributed by atoms with Crippen LogP contribution in [-0.2, 0) is 12.8 Å². The lowest BCUT2D eigenvalue weighted by molar-refractivity contribution is 1.23. The minimum absolute atomic E-state index is 0.768. The topological polar surface area (TPSA) is 43.1 Å². The van der Waals surface area contributed by atoms with E-state index in [2.05, 4.69) is 75.0 Å². The molecule has 7 aromatic rings. The third-order valence-corrected chi connectivity index (χ3v) is 7.97. The van der Waals surface area contributed by atoms with E-state index in [9.17, 15) is 0 Å². The van der Waals surface area contributed by atoms with Gasteiger partial charge in [0.15, 0.2) is 5.65 Å². The molecule has 0 N–H and O–H groups in total. The van der Waals surface area contributed by atoms with Gasteiger partial charge in [0.05, 0.1) is 17.2 Å². The average molecular weight is 447 g/mol. The van der Waals surface area contributed by atoms with E-state index in [0.29, 0.717) is 0 Å². The standard InChI is InChI=1S/C31H18N4/c1-2-5-20-17(4-1)13-25-21(20)8-7-18-12-19-14-26-24(15-23(19)29(18)25)22-9-11-32-16-28(22)35-27-6-3-10-33-30(27)34-31(26)35/h1-11,14-16H,12-13H2. The van der Waals surface area contributed by atoms with E-state index in [1.165, 1.54) is 60.7 Å². The summed E-state index contributed by atoms with van der Waals surface area (Å²) < 4.78 is 2.22. The van der Waals surface area contributed by atoms with Crippen molar-refractivity contribution < 1.29 is 0 Å². The van der Waals surface area contributed by atoms with Gasteiger partial charge in [0, 0.05) is 23.2 Å². The Labute approximate surface area is 200 Å². The van der Waals surface area contributed by atoms with Crippen LogP contribution in [0.2, 0.25) is 0 Å². The van der Waals surface area contributed by atoms with Crippen molar-refractivity contribution >= 4 is 38.5 Å². The average Bonchev–Trinajstić information content (AvgIpc) is 3.58. The molecule has 2 aliphatic rings. The van der Waals surface area contributed by atoms with Gasteiger partial charge in [0.2, 0.25) is 0 Å². The van der Waals surface area contributed by atoms with E-state index in [0.717, 1.165) is 35.2 Å².